The van der Waals surface area contributed by atoms with Crippen LogP contribution in [0.4, 0.5) is 4.79 Å². The fraction of sp³-hybridized carbons (Fsp3) is 0.846. The molecule has 3 N–H and O–H groups in total. The molecular formula is C13H26N2O3. The predicted molar refractivity (Wildman–Crippen MR) is 71.0 cm³/mol. The van der Waals surface area contributed by atoms with Crippen LogP contribution in [0.3, 0.4) is 0 Å². The number of amides is 2. The Morgan fingerprint density at radius 2 is 1.72 bits per heavy atom. The smallest absolute Gasteiger partial charge is 0.405 e. The fourth-order valence-corrected chi connectivity index (χ4v) is 2.50. The van der Waals surface area contributed by atoms with Gasteiger partial charge in [0, 0.05) is 7.05 Å². The quantitative estimate of drug-likeness (QED) is 0.791. The van der Waals surface area contributed by atoms with Gasteiger partial charge in [-0.2, -0.15) is 0 Å². The summed E-state index contributed by atoms with van der Waals surface area (Å²) in [6, 6.07) is 0. The number of ether oxygens (including phenoxy) is 1. The summed E-state index contributed by atoms with van der Waals surface area (Å²) in [5, 5.41) is 2.48. The molecule has 1 atom stereocenters. The molecule has 18 heavy (non-hydrogen) atoms. The Labute approximate surface area is 109 Å². The Morgan fingerprint density at radius 3 is 2.06 bits per heavy atom. The molecule has 0 radical (unpaired) electrons. The first kappa shape index (κ1) is 16.7. The minimum atomic E-state index is -0.921. The lowest BCUT2D eigenvalue weighted by Gasteiger charge is -2.34. The highest BCUT2D eigenvalue weighted by atomic mass is 16.6. The topological polar surface area (TPSA) is 81.4 Å². The Kier molecular flexibility index (Phi) is 5.64. The summed E-state index contributed by atoms with van der Waals surface area (Å²) in [7, 11) is 1.51. The summed E-state index contributed by atoms with van der Waals surface area (Å²) in [5.74, 6) is -0.323. The molecule has 0 aromatic carbocycles. The molecule has 0 fully saturated rings. The zero-order chi connectivity index (χ0) is 14.6. The average Bonchev–Trinajstić information content (AvgIpc) is 2.10. The van der Waals surface area contributed by atoms with E-state index in [2.05, 4.69) is 39.9 Å². The van der Waals surface area contributed by atoms with Gasteiger partial charge in [-0.1, -0.05) is 34.6 Å². The van der Waals surface area contributed by atoms with Crippen molar-refractivity contribution in [2.24, 2.45) is 16.6 Å². The second-order valence-electron chi connectivity index (χ2n) is 6.65. The van der Waals surface area contributed by atoms with Gasteiger partial charge in [-0.3, -0.25) is 4.79 Å². The molecule has 0 aliphatic carbocycles. The van der Waals surface area contributed by atoms with E-state index >= 15 is 0 Å². The zero-order valence-corrected chi connectivity index (χ0v) is 12.3. The van der Waals surface area contributed by atoms with Crippen molar-refractivity contribution in [1.29, 1.82) is 0 Å². The number of likely N-dealkylation sites (N-methyl/N-ethyl adjacent to an activating group) is 1. The van der Waals surface area contributed by atoms with E-state index in [9.17, 15) is 9.59 Å². The number of hydrogen-bond acceptors (Lipinski definition) is 3. The molecule has 0 saturated heterocycles. The van der Waals surface area contributed by atoms with E-state index in [0.717, 1.165) is 6.42 Å². The lowest BCUT2D eigenvalue weighted by molar-refractivity contribution is -0.130. The largest absolute Gasteiger partial charge is 0.436 e. The first-order chi connectivity index (χ1) is 7.97. The van der Waals surface area contributed by atoms with Crippen molar-refractivity contribution in [3.63, 3.8) is 0 Å². The number of nitrogens with two attached hydrogens (primary N) is 1. The van der Waals surface area contributed by atoms with Gasteiger partial charge in [0.15, 0.2) is 6.10 Å². The molecular weight excluding hydrogens is 232 g/mol. The van der Waals surface area contributed by atoms with Gasteiger partial charge in [0.05, 0.1) is 0 Å². The number of carbonyl (C=O) groups excluding carboxylic acids is 2. The van der Waals surface area contributed by atoms with E-state index in [1.165, 1.54) is 7.05 Å². The molecule has 0 unspecified atom stereocenters. The highest BCUT2D eigenvalue weighted by Crippen LogP contribution is 2.37. The lowest BCUT2D eigenvalue weighted by atomic mass is 9.73. The van der Waals surface area contributed by atoms with E-state index in [4.69, 9.17) is 10.5 Å². The first-order valence-corrected chi connectivity index (χ1v) is 6.14. The molecule has 0 spiro atoms. The molecule has 106 valence electrons. The molecule has 0 aliphatic heterocycles. The summed E-state index contributed by atoms with van der Waals surface area (Å²) in [5.41, 5.74) is 5.01. The molecule has 0 bridgehead atoms. The molecule has 0 aromatic rings. The number of rotatable bonds is 5. The maximum absolute atomic E-state index is 11.6. The third-order valence-electron chi connectivity index (χ3n) is 2.54. The van der Waals surface area contributed by atoms with E-state index in [0.29, 0.717) is 6.42 Å². The SMILES string of the molecule is CNC(=O)[C@H](CC(C)(C)CC(C)(C)C)OC(N)=O. The normalized spacial score (nSPS) is 13.9. The number of nitrogens with one attached hydrogen (secondary N) is 1. The number of hydrogen-bond donors (Lipinski definition) is 2. The van der Waals surface area contributed by atoms with Crippen molar-refractivity contribution in [3.05, 3.63) is 0 Å². The molecule has 2 amide bonds. The van der Waals surface area contributed by atoms with Crippen molar-refractivity contribution in [2.45, 2.75) is 53.6 Å². The van der Waals surface area contributed by atoms with Crippen molar-refractivity contribution in [2.75, 3.05) is 7.05 Å². The van der Waals surface area contributed by atoms with Crippen molar-refractivity contribution in [3.8, 4) is 0 Å². The standard InChI is InChI=1S/C13H26N2O3/c1-12(2,3)8-13(4,5)7-9(10(16)15-6)18-11(14)17/h9H,7-8H2,1-6H3,(H2,14,17)(H,15,16)/t9-/m0/s1. The maximum atomic E-state index is 11.6. The monoisotopic (exact) mass is 258 g/mol. The van der Waals surface area contributed by atoms with Gasteiger partial charge in [0.1, 0.15) is 0 Å². The molecule has 5 nitrogen and oxygen atoms in total. The minimum Gasteiger partial charge on any atom is -0.436 e. The van der Waals surface area contributed by atoms with Crippen LogP contribution in [0.15, 0.2) is 0 Å². The van der Waals surface area contributed by atoms with Crippen molar-refractivity contribution in [1.82, 2.24) is 5.32 Å². The Balaban J connectivity index is 4.75. The van der Waals surface area contributed by atoms with Crippen LogP contribution in [0, 0.1) is 10.8 Å². The lowest BCUT2D eigenvalue weighted by Crippen LogP contribution is -2.40. The number of primary amides is 1. The summed E-state index contributed by atoms with van der Waals surface area (Å²) in [4.78, 5) is 22.5. The second kappa shape index (κ2) is 6.07. The van der Waals surface area contributed by atoms with Crippen LogP contribution in [0.1, 0.15) is 47.5 Å². The molecule has 0 rings (SSSR count). The third-order valence-corrected chi connectivity index (χ3v) is 2.54. The van der Waals surface area contributed by atoms with Crippen LogP contribution < -0.4 is 11.1 Å². The molecule has 5 heteroatoms. The van der Waals surface area contributed by atoms with Crippen LogP contribution in [-0.2, 0) is 9.53 Å². The average molecular weight is 258 g/mol. The molecule has 0 aliphatic rings. The van der Waals surface area contributed by atoms with E-state index in [-0.39, 0.29) is 16.7 Å². The van der Waals surface area contributed by atoms with Gasteiger partial charge >= 0.3 is 6.09 Å². The fourth-order valence-electron chi connectivity index (χ4n) is 2.50. The van der Waals surface area contributed by atoms with Crippen LogP contribution in [0.2, 0.25) is 0 Å². The minimum absolute atomic E-state index is 0.120. The van der Waals surface area contributed by atoms with Crippen molar-refractivity contribution >= 4 is 12.0 Å². The molecule has 0 saturated carbocycles. The highest BCUT2D eigenvalue weighted by Gasteiger charge is 2.32. The maximum Gasteiger partial charge on any atom is 0.405 e. The summed E-state index contributed by atoms with van der Waals surface area (Å²) < 4.78 is 4.88. The zero-order valence-electron chi connectivity index (χ0n) is 12.3. The van der Waals surface area contributed by atoms with Gasteiger partial charge in [0.25, 0.3) is 5.91 Å². The van der Waals surface area contributed by atoms with E-state index in [1.807, 2.05) is 0 Å². The van der Waals surface area contributed by atoms with Crippen LogP contribution in [-0.4, -0.2) is 25.2 Å². The van der Waals surface area contributed by atoms with Gasteiger partial charge in [-0.25, -0.2) is 4.79 Å². The van der Waals surface area contributed by atoms with Crippen LogP contribution >= 0.6 is 0 Å². The van der Waals surface area contributed by atoms with Crippen molar-refractivity contribution < 1.29 is 14.3 Å². The van der Waals surface area contributed by atoms with Gasteiger partial charge in [-0.15, -0.1) is 0 Å². The summed E-state index contributed by atoms with van der Waals surface area (Å²) >= 11 is 0. The Hall–Kier alpha value is -1.26. The Bertz CT molecular complexity index is 306. The van der Waals surface area contributed by atoms with Gasteiger partial charge in [0.2, 0.25) is 0 Å². The highest BCUT2D eigenvalue weighted by molar-refractivity contribution is 5.82. The second-order valence-corrected chi connectivity index (χ2v) is 6.65. The summed E-state index contributed by atoms with van der Waals surface area (Å²) in [6.45, 7) is 10.5. The Morgan fingerprint density at radius 1 is 1.22 bits per heavy atom. The van der Waals surface area contributed by atoms with E-state index in [1.54, 1.807) is 0 Å². The van der Waals surface area contributed by atoms with Crippen LogP contribution in [0.25, 0.3) is 0 Å². The first-order valence-electron chi connectivity index (χ1n) is 6.14. The molecule has 0 heterocycles. The summed E-state index contributed by atoms with van der Waals surface area (Å²) in [6.07, 6.45) is -0.386. The van der Waals surface area contributed by atoms with E-state index < -0.39 is 12.2 Å². The number of carbonyl (C=O) groups is 2. The molecule has 0 aromatic heterocycles. The van der Waals surface area contributed by atoms with Gasteiger partial charge < -0.3 is 15.8 Å². The van der Waals surface area contributed by atoms with Gasteiger partial charge in [-0.05, 0) is 23.7 Å². The third kappa shape index (κ3) is 7.14. The predicted octanol–water partition coefficient (Wildman–Crippen LogP) is 2.05. The van der Waals surface area contributed by atoms with Crippen LogP contribution in [0.5, 0.6) is 0 Å².